The summed E-state index contributed by atoms with van der Waals surface area (Å²) in [4.78, 5) is 37.0. The molecule has 3 aromatic rings. The number of para-hydroxylation sites is 1. The number of hydrogen-bond acceptors (Lipinski definition) is 4. The number of rotatable bonds is 8. The van der Waals surface area contributed by atoms with Crippen LogP contribution in [0.3, 0.4) is 0 Å². The Morgan fingerprint density at radius 3 is 2.06 bits per heavy atom. The van der Waals surface area contributed by atoms with Crippen LogP contribution in [0.25, 0.3) is 0 Å². The van der Waals surface area contributed by atoms with Crippen molar-refractivity contribution in [1.82, 2.24) is 10.6 Å². The van der Waals surface area contributed by atoms with Crippen LogP contribution < -0.4 is 16.0 Å². The molecule has 0 heterocycles. The summed E-state index contributed by atoms with van der Waals surface area (Å²) >= 11 is 0. The highest BCUT2D eigenvalue weighted by molar-refractivity contribution is 6.09. The zero-order valence-corrected chi connectivity index (χ0v) is 16.8. The Kier molecular flexibility index (Phi) is 7.37. The summed E-state index contributed by atoms with van der Waals surface area (Å²) in [6, 6.07) is 21.6. The van der Waals surface area contributed by atoms with E-state index in [9.17, 15) is 19.5 Å². The van der Waals surface area contributed by atoms with Crippen molar-refractivity contribution in [2.24, 2.45) is 0 Å². The molecule has 0 aliphatic rings. The molecule has 0 saturated carbocycles. The van der Waals surface area contributed by atoms with Crippen LogP contribution >= 0.6 is 0 Å². The molecular weight excluding hydrogens is 394 g/mol. The summed E-state index contributed by atoms with van der Waals surface area (Å²) in [6.07, 6.45) is 0.523. The third kappa shape index (κ3) is 6.17. The third-order valence-electron chi connectivity index (χ3n) is 4.49. The standard InChI is InChI=1S/C24H23N3O4/c28-19-11-6-10-18(16-19)22(29)25-14-7-15-26-24(31)20-12-4-5-13-21(20)27-23(30)17-8-2-1-3-9-17/h1-6,8-13,16,28H,7,14-15H2,(H,25,29)(H,26,31)(H,27,30). The Balaban J connectivity index is 1.48. The van der Waals surface area contributed by atoms with Crippen molar-refractivity contribution in [2.75, 3.05) is 18.4 Å². The van der Waals surface area contributed by atoms with Gasteiger partial charge in [0, 0.05) is 24.2 Å². The van der Waals surface area contributed by atoms with Gasteiger partial charge in [0.25, 0.3) is 17.7 Å². The van der Waals surface area contributed by atoms with E-state index in [-0.39, 0.29) is 23.5 Å². The molecular formula is C24H23N3O4. The fraction of sp³-hybridized carbons (Fsp3) is 0.125. The smallest absolute Gasteiger partial charge is 0.255 e. The molecule has 0 aliphatic heterocycles. The van der Waals surface area contributed by atoms with Gasteiger partial charge in [-0.05, 0) is 48.9 Å². The lowest BCUT2D eigenvalue weighted by Gasteiger charge is -2.12. The fourth-order valence-corrected chi connectivity index (χ4v) is 2.91. The van der Waals surface area contributed by atoms with E-state index in [0.29, 0.717) is 41.9 Å². The summed E-state index contributed by atoms with van der Waals surface area (Å²) < 4.78 is 0. The lowest BCUT2D eigenvalue weighted by molar-refractivity contribution is 0.0951. The predicted octanol–water partition coefficient (Wildman–Crippen LogP) is 3.19. The van der Waals surface area contributed by atoms with Gasteiger partial charge in [0.05, 0.1) is 11.3 Å². The minimum absolute atomic E-state index is 0.0259. The summed E-state index contributed by atoms with van der Waals surface area (Å²) in [5.74, 6) is -0.882. The molecule has 0 fully saturated rings. The van der Waals surface area contributed by atoms with E-state index in [1.54, 1.807) is 60.7 Å². The average Bonchev–Trinajstić information content (AvgIpc) is 2.79. The number of phenols is 1. The molecule has 31 heavy (non-hydrogen) atoms. The Bertz CT molecular complexity index is 1070. The first-order chi connectivity index (χ1) is 15.0. The van der Waals surface area contributed by atoms with Crippen molar-refractivity contribution >= 4 is 23.4 Å². The van der Waals surface area contributed by atoms with Gasteiger partial charge in [-0.15, -0.1) is 0 Å². The Morgan fingerprint density at radius 1 is 0.677 bits per heavy atom. The van der Waals surface area contributed by atoms with Gasteiger partial charge in [0.15, 0.2) is 0 Å². The summed E-state index contributed by atoms with van der Waals surface area (Å²) in [5.41, 5.74) is 1.65. The highest BCUT2D eigenvalue weighted by Crippen LogP contribution is 2.16. The molecule has 3 rings (SSSR count). The lowest BCUT2D eigenvalue weighted by Crippen LogP contribution is -2.30. The Hall–Kier alpha value is -4.13. The molecule has 0 unspecified atom stereocenters. The van der Waals surface area contributed by atoms with Gasteiger partial charge in [0.1, 0.15) is 5.75 Å². The molecule has 3 amide bonds. The number of benzene rings is 3. The van der Waals surface area contributed by atoms with E-state index < -0.39 is 0 Å². The van der Waals surface area contributed by atoms with Crippen molar-refractivity contribution in [2.45, 2.75) is 6.42 Å². The third-order valence-corrected chi connectivity index (χ3v) is 4.49. The normalized spacial score (nSPS) is 10.2. The van der Waals surface area contributed by atoms with Gasteiger partial charge >= 0.3 is 0 Å². The maximum Gasteiger partial charge on any atom is 0.255 e. The monoisotopic (exact) mass is 417 g/mol. The maximum atomic E-state index is 12.6. The number of hydrogen-bond donors (Lipinski definition) is 4. The van der Waals surface area contributed by atoms with E-state index >= 15 is 0 Å². The summed E-state index contributed by atoms with van der Waals surface area (Å²) in [6.45, 7) is 0.710. The first-order valence-electron chi connectivity index (χ1n) is 9.85. The largest absolute Gasteiger partial charge is 0.508 e. The van der Waals surface area contributed by atoms with Crippen LogP contribution in [0.15, 0.2) is 78.9 Å². The molecule has 0 radical (unpaired) electrons. The molecule has 7 nitrogen and oxygen atoms in total. The summed E-state index contributed by atoms with van der Waals surface area (Å²) in [5, 5.41) is 17.7. The molecule has 3 aromatic carbocycles. The van der Waals surface area contributed by atoms with Crippen molar-refractivity contribution in [3.63, 3.8) is 0 Å². The van der Waals surface area contributed by atoms with E-state index in [2.05, 4.69) is 16.0 Å². The number of anilines is 1. The molecule has 0 bridgehead atoms. The van der Waals surface area contributed by atoms with Gasteiger partial charge in [-0.25, -0.2) is 0 Å². The van der Waals surface area contributed by atoms with E-state index in [1.807, 2.05) is 6.07 Å². The van der Waals surface area contributed by atoms with Crippen LogP contribution in [0.2, 0.25) is 0 Å². The van der Waals surface area contributed by atoms with Gasteiger partial charge in [-0.3, -0.25) is 14.4 Å². The quantitative estimate of drug-likeness (QED) is 0.422. The molecule has 0 aromatic heterocycles. The molecule has 4 N–H and O–H groups in total. The van der Waals surface area contributed by atoms with Crippen molar-refractivity contribution in [1.29, 1.82) is 0 Å². The predicted molar refractivity (Wildman–Crippen MR) is 118 cm³/mol. The van der Waals surface area contributed by atoms with Crippen LogP contribution in [-0.2, 0) is 0 Å². The van der Waals surface area contributed by atoms with Crippen molar-refractivity contribution in [3.05, 3.63) is 95.6 Å². The molecule has 0 atom stereocenters. The van der Waals surface area contributed by atoms with Crippen LogP contribution in [0.4, 0.5) is 5.69 Å². The van der Waals surface area contributed by atoms with Gasteiger partial charge in [-0.1, -0.05) is 36.4 Å². The highest BCUT2D eigenvalue weighted by atomic mass is 16.3. The summed E-state index contributed by atoms with van der Waals surface area (Å²) in [7, 11) is 0. The van der Waals surface area contributed by atoms with Crippen LogP contribution in [-0.4, -0.2) is 35.9 Å². The number of nitrogens with one attached hydrogen (secondary N) is 3. The van der Waals surface area contributed by atoms with Gasteiger partial charge in [0.2, 0.25) is 0 Å². The minimum atomic E-state index is -0.316. The second kappa shape index (κ2) is 10.6. The number of aromatic hydroxyl groups is 1. The first kappa shape index (κ1) is 21.6. The second-order valence-electron chi connectivity index (χ2n) is 6.78. The van der Waals surface area contributed by atoms with Crippen molar-refractivity contribution in [3.8, 4) is 5.75 Å². The Labute approximate surface area is 180 Å². The van der Waals surface area contributed by atoms with Crippen LogP contribution in [0, 0.1) is 0 Å². The zero-order valence-electron chi connectivity index (χ0n) is 16.8. The van der Waals surface area contributed by atoms with E-state index in [0.717, 1.165) is 0 Å². The topological polar surface area (TPSA) is 108 Å². The molecule has 0 saturated heterocycles. The molecule has 0 aliphatic carbocycles. The molecule has 0 spiro atoms. The number of phenolic OH excluding ortho intramolecular Hbond substituents is 1. The van der Waals surface area contributed by atoms with Crippen LogP contribution in [0.1, 0.15) is 37.5 Å². The SMILES string of the molecule is O=C(NCCCNC(=O)c1ccccc1NC(=O)c1ccccc1)c1cccc(O)c1. The van der Waals surface area contributed by atoms with E-state index in [4.69, 9.17) is 0 Å². The number of carbonyl (C=O) groups excluding carboxylic acids is 3. The average molecular weight is 417 g/mol. The molecule has 158 valence electrons. The number of amides is 3. The lowest BCUT2D eigenvalue weighted by atomic mass is 10.1. The Morgan fingerprint density at radius 2 is 1.32 bits per heavy atom. The van der Waals surface area contributed by atoms with Crippen LogP contribution in [0.5, 0.6) is 5.75 Å². The van der Waals surface area contributed by atoms with Crippen molar-refractivity contribution < 1.29 is 19.5 Å². The molecule has 7 heteroatoms. The second-order valence-corrected chi connectivity index (χ2v) is 6.78. The maximum absolute atomic E-state index is 12.6. The van der Waals surface area contributed by atoms with E-state index in [1.165, 1.54) is 12.1 Å². The zero-order chi connectivity index (χ0) is 22.1. The highest BCUT2D eigenvalue weighted by Gasteiger charge is 2.13. The minimum Gasteiger partial charge on any atom is -0.508 e. The van der Waals surface area contributed by atoms with Gasteiger partial charge in [-0.2, -0.15) is 0 Å². The number of carbonyl (C=O) groups is 3. The first-order valence-corrected chi connectivity index (χ1v) is 9.85. The fourth-order valence-electron chi connectivity index (χ4n) is 2.91. The van der Waals surface area contributed by atoms with Gasteiger partial charge < -0.3 is 21.1 Å².